The smallest absolute Gasteiger partial charge is 0.248 e. The second kappa shape index (κ2) is 9.64. The SMILES string of the molecule is [2H]C([2H])([2H])c1nnn(C)c1-c1cnc2c3c(S(C)(=O)=O)cc(F)c(F)c3n(C(c3ccccc3)C3CCC(F)(F)CC3)c2c1. The summed E-state index contributed by atoms with van der Waals surface area (Å²) in [6.45, 7) is -2.65. The second-order valence-electron chi connectivity index (χ2n) is 10.6. The molecule has 1 atom stereocenters. The Morgan fingerprint density at radius 2 is 1.83 bits per heavy atom. The Morgan fingerprint density at radius 3 is 2.49 bits per heavy atom. The van der Waals surface area contributed by atoms with Gasteiger partial charge in [-0.3, -0.25) is 4.98 Å². The van der Waals surface area contributed by atoms with Crippen LogP contribution in [0.5, 0.6) is 0 Å². The molecular weight excluding hydrogens is 558 g/mol. The molecule has 0 spiro atoms. The molecule has 41 heavy (non-hydrogen) atoms. The van der Waals surface area contributed by atoms with E-state index in [9.17, 15) is 17.2 Å². The van der Waals surface area contributed by atoms with Crippen molar-refractivity contribution in [2.75, 3.05) is 6.26 Å². The predicted octanol–water partition coefficient (Wildman–Crippen LogP) is 6.39. The van der Waals surface area contributed by atoms with Gasteiger partial charge in [0.15, 0.2) is 21.5 Å². The van der Waals surface area contributed by atoms with Crippen LogP contribution >= 0.6 is 0 Å². The Morgan fingerprint density at radius 1 is 1.12 bits per heavy atom. The van der Waals surface area contributed by atoms with Crippen LogP contribution in [0.25, 0.3) is 33.2 Å². The number of aromatic nitrogens is 5. The number of pyridine rings is 1. The van der Waals surface area contributed by atoms with Gasteiger partial charge in [0.25, 0.3) is 0 Å². The van der Waals surface area contributed by atoms with Gasteiger partial charge in [0.05, 0.1) is 38.9 Å². The van der Waals surface area contributed by atoms with Gasteiger partial charge in [-0.05, 0) is 43.3 Å². The third kappa shape index (κ3) is 4.58. The van der Waals surface area contributed by atoms with E-state index in [2.05, 4.69) is 15.3 Å². The van der Waals surface area contributed by atoms with E-state index < -0.39 is 63.9 Å². The Hall–Kier alpha value is -3.80. The summed E-state index contributed by atoms with van der Waals surface area (Å²) in [6.07, 6.45) is 1.48. The van der Waals surface area contributed by atoms with Crippen molar-refractivity contribution in [1.29, 1.82) is 0 Å². The molecule has 1 saturated carbocycles. The maximum Gasteiger partial charge on any atom is 0.248 e. The van der Waals surface area contributed by atoms with E-state index in [0.29, 0.717) is 11.6 Å². The number of halogens is 4. The molecular formula is C29H27F4N5O2S. The number of fused-ring (bicyclic) bond motifs is 3. The highest BCUT2D eigenvalue weighted by Crippen LogP contribution is 2.47. The summed E-state index contributed by atoms with van der Waals surface area (Å²) < 4.78 is 112. The van der Waals surface area contributed by atoms with E-state index in [1.165, 1.54) is 28.6 Å². The Bertz CT molecular complexity index is 2020. The van der Waals surface area contributed by atoms with Gasteiger partial charge in [-0.1, -0.05) is 35.5 Å². The third-order valence-electron chi connectivity index (χ3n) is 7.89. The van der Waals surface area contributed by atoms with Gasteiger partial charge in [0.1, 0.15) is 0 Å². The maximum absolute atomic E-state index is 16.1. The minimum absolute atomic E-state index is 0.0238. The average molecular weight is 589 g/mol. The minimum Gasteiger partial charge on any atom is -0.329 e. The number of nitrogens with zero attached hydrogens (tertiary/aromatic N) is 5. The standard InChI is InChI=1S/C29H27F4N5O2S/c1-16-26(37(2)36-35-16)19-13-21-25(34-15-19)23-22(41(3,39)40)14-20(30)24(31)28(23)38(21)27(17-7-5-4-6-8-17)18-9-11-29(32,33)12-10-18/h4-8,13-15,18,27H,9-12H2,1-3H3/i1D3. The molecule has 0 aliphatic heterocycles. The number of hydrogen-bond donors (Lipinski definition) is 0. The van der Waals surface area contributed by atoms with Crippen molar-refractivity contribution in [3.8, 4) is 11.3 Å². The van der Waals surface area contributed by atoms with Crippen LogP contribution in [-0.2, 0) is 16.9 Å². The quantitative estimate of drug-likeness (QED) is 0.176. The van der Waals surface area contributed by atoms with Crippen LogP contribution in [-0.4, -0.2) is 45.1 Å². The van der Waals surface area contributed by atoms with Crippen molar-refractivity contribution in [3.63, 3.8) is 0 Å². The van der Waals surface area contributed by atoms with E-state index in [1.807, 2.05) is 0 Å². The molecule has 1 aliphatic rings. The molecule has 0 amide bonds. The first-order valence-corrected chi connectivity index (χ1v) is 14.8. The van der Waals surface area contributed by atoms with Gasteiger partial charge < -0.3 is 4.57 Å². The van der Waals surface area contributed by atoms with Crippen LogP contribution < -0.4 is 0 Å². The molecule has 12 heteroatoms. The summed E-state index contributed by atoms with van der Waals surface area (Å²) in [5.74, 6) is -6.06. The molecule has 0 radical (unpaired) electrons. The lowest BCUT2D eigenvalue weighted by molar-refractivity contribution is -0.0493. The summed E-state index contributed by atoms with van der Waals surface area (Å²) in [5.41, 5.74) is 0.430. The minimum atomic E-state index is -4.12. The normalized spacial score (nSPS) is 18.3. The fraction of sp³-hybridized carbons (Fsp3) is 0.345. The van der Waals surface area contributed by atoms with Crippen molar-refractivity contribution >= 4 is 31.8 Å². The molecule has 0 saturated heterocycles. The molecule has 214 valence electrons. The zero-order valence-electron chi connectivity index (χ0n) is 25.1. The van der Waals surface area contributed by atoms with Gasteiger partial charge in [0.2, 0.25) is 5.92 Å². The van der Waals surface area contributed by atoms with Crippen LogP contribution in [0.3, 0.4) is 0 Å². The van der Waals surface area contributed by atoms with E-state index in [1.54, 1.807) is 30.3 Å². The van der Waals surface area contributed by atoms with Gasteiger partial charge in [-0.2, -0.15) is 0 Å². The van der Waals surface area contributed by atoms with Crippen LogP contribution in [0.2, 0.25) is 0 Å². The van der Waals surface area contributed by atoms with Crippen LogP contribution in [0.4, 0.5) is 17.6 Å². The van der Waals surface area contributed by atoms with Crippen molar-refractivity contribution < 1.29 is 30.1 Å². The molecule has 3 aromatic heterocycles. The molecule has 0 bridgehead atoms. The average Bonchev–Trinajstić information content (AvgIpc) is 3.50. The fourth-order valence-electron chi connectivity index (χ4n) is 6.05. The summed E-state index contributed by atoms with van der Waals surface area (Å²) in [6, 6.07) is 10.0. The number of rotatable bonds is 5. The first-order chi connectivity index (χ1) is 20.6. The molecule has 3 heterocycles. The van der Waals surface area contributed by atoms with E-state index >= 15 is 8.78 Å². The van der Waals surface area contributed by atoms with Crippen molar-refractivity contribution in [1.82, 2.24) is 24.5 Å². The van der Waals surface area contributed by atoms with Crippen LogP contribution in [0.1, 0.15) is 47.1 Å². The molecule has 1 unspecified atom stereocenters. The van der Waals surface area contributed by atoms with Gasteiger partial charge in [-0.25, -0.2) is 30.7 Å². The molecule has 1 aliphatic carbocycles. The molecule has 5 aromatic rings. The van der Waals surface area contributed by atoms with E-state index in [0.717, 1.165) is 6.26 Å². The Kier molecular flexibility index (Phi) is 5.61. The third-order valence-corrected chi connectivity index (χ3v) is 9.01. The summed E-state index contributed by atoms with van der Waals surface area (Å²) in [7, 11) is -2.63. The molecule has 1 fully saturated rings. The summed E-state index contributed by atoms with van der Waals surface area (Å²) in [4.78, 5) is 4.01. The number of hydrogen-bond acceptors (Lipinski definition) is 5. The van der Waals surface area contributed by atoms with Crippen molar-refractivity contribution in [2.45, 2.75) is 49.4 Å². The number of sulfone groups is 1. The highest BCUT2D eigenvalue weighted by atomic mass is 32.2. The molecule has 7 nitrogen and oxygen atoms in total. The zero-order valence-corrected chi connectivity index (χ0v) is 22.9. The van der Waals surface area contributed by atoms with Crippen molar-refractivity contribution in [3.05, 3.63) is 71.6 Å². The fourth-order valence-corrected chi connectivity index (χ4v) is 6.93. The lowest BCUT2D eigenvalue weighted by Gasteiger charge is -2.35. The first kappa shape index (κ1) is 23.9. The zero-order chi connectivity index (χ0) is 31.8. The maximum atomic E-state index is 16.1. The first-order valence-electron chi connectivity index (χ1n) is 14.4. The predicted molar refractivity (Wildman–Crippen MR) is 146 cm³/mol. The lowest BCUT2D eigenvalue weighted by Crippen LogP contribution is -2.30. The molecule has 6 rings (SSSR count). The van der Waals surface area contributed by atoms with E-state index in [4.69, 9.17) is 4.11 Å². The Balaban J connectivity index is 1.76. The number of benzene rings is 2. The van der Waals surface area contributed by atoms with Crippen LogP contribution in [0, 0.1) is 24.4 Å². The van der Waals surface area contributed by atoms with Gasteiger partial charge in [0, 0.05) is 47.4 Å². The van der Waals surface area contributed by atoms with Gasteiger partial charge in [-0.15, -0.1) is 5.10 Å². The molecule has 2 aromatic carbocycles. The largest absolute Gasteiger partial charge is 0.329 e. The number of alkyl halides is 2. The van der Waals surface area contributed by atoms with Crippen molar-refractivity contribution in [2.24, 2.45) is 13.0 Å². The monoisotopic (exact) mass is 588 g/mol. The topological polar surface area (TPSA) is 82.7 Å². The van der Waals surface area contributed by atoms with Gasteiger partial charge >= 0.3 is 0 Å². The highest BCUT2D eigenvalue weighted by molar-refractivity contribution is 7.91. The molecule has 0 N–H and O–H groups in total. The van der Waals surface area contributed by atoms with Crippen LogP contribution in [0.15, 0.2) is 53.6 Å². The number of aryl methyl sites for hydroxylation is 2. The van der Waals surface area contributed by atoms with E-state index in [-0.39, 0.29) is 51.7 Å². The highest BCUT2D eigenvalue weighted by Gasteiger charge is 2.40. The second-order valence-corrected chi connectivity index (χ2v) is 12.6. The Labute approximate surface area is 237 Å². The summed E-state index contributed by atoms with van der Waals surface area (Å²) in [5, 5.41) is 7.51. The lowest BCUT2D eigenvalue weighted by atomic mass is 9.79. The summed E-state index contributed by atoms with van der Waals surface area (Å²) >= 11 is 0.